The molecule has 0 saturated carbocycles. The minimum Gasteiger partial charge on any atom is -0.353 e. The fourth-order valence-electron chi connectivity index (χ4n) is 3.05. The van der Waals surface area contributed by atoms with E-state index in [9.17, 15) is 9.18 Å². The maximum absolute atomic E-state index is 13.0. The summed E-state index contributed by atoms with van der Waals surface area (Å²) >= 11 is 0. The first kappa shape index (κ1) is 16.3. The van der Waals surface area contributed by atoms with Gasteiger partial charge in [-0.05, 0) is 42.5 Å². The van der Waals surface area contributed by atoms with Crippen LogP contribution in [0.4, 0.5) is 10.2 Å². The highest BCUT2D eigenvalue weighted by Crippen LogP contribution is 2.19. The summed E-state index contributed by atoms with van der Waals surface area (Å²) in [6, 6.07) is 13.6. The lowest BCUT2D eigenvalue weighted by Gasteiger charge is -2.35. The maximum Gasteiger partial charge on any atom is 0.272 e. The van der Waals surface area contributed by atoms with Gasteiger partial charge in [0.2, 0.25) is 0 Å². The first-order chi connectivity index (χ1) is 12.7. The van der Waals surface area contributed by atoms with Crippen molar-refractivity contribution in [2.24, 2.45) is 0 Å². The molecule has 1 fully saturated rings. The molecule has 7 heteroatoms. The Morgan fingerprint density at radius 2 is 1.81 bits per heavy atom. The number of rotatable bonds is 3. The van der Waals surface area contributed by atoms with Crippen LogP contribution in [0.2, 0.25) is 0 Å². The van der Waals surface area contributed by atoms with E-state index in [0.717, 1.165) is 24.5 Å². The van der Waals surface area contributed by atoms with Crippen LogP contribution in [-0.2, 0) is 0 Å². The molecule has 1 saturated heterocycles. The molecule has 0 bridgehead atoms. The van der Waals surface area contributed by atoms with Gasteiger partial charge in [0.1, 0.15) is 17.3 Å². The second-order valence-electron chi connectivity index (χ2n) is 6.14. The van der Waals surface area contributed by atoms with E-state index in [0.29, 0.717) is 24.5 Å². The smallest absolute Gasteiger partial charge is 0.272 e. The molecule has 26 heavy (non-hydrogen) atoms. The summed E-state index contributed by atoms with van der Waals surface area (Å²) in [5.41, 5.74) is 1.83. The van der Waals surface area contributed by atoms with Crippen LogP contribution in [0.3, 0.4) is 0 Å². The number of nitrogens with one attached hydrogen (secondary N) is 1. The number of halogens is 1. The average Bonchev–Trinajstić information content (AvgIpc) is 3.19. The topological polar surface area (TPSA) is 65.1 Å². The predicted octanol–water partition coefficient (Wildman–Crippen LogP) is 2.57. The minimum absolute atomic E-state index is 0.0773. The van der Waals surface area contributed by atoms with Gasteiger partial charge in [-0.3, -0.25) is 9.89 Å². The molecular weight excluding hydrogens is 333 g/mol. The standard InChI is InChI=1S/C19H18FN5O/c20-15-6-4-14(5-7-15)16-13-17(23-22-16)19(26)25-11-9-24(10-12-25)18-3-1-2-8-21-18/h1-8,13H,9-12H2,(H,22,23). The summed E-state index contributed by atoms with van der Waals surface area (Å²) in [6.07, 6.45) is 1.77. The molecule has 3 heterocycles. The van der Waals surface area contributed by atoms with Crippen LogP contribution >= 0.6 is 0 Å². The van der Waals surface area contributed by atoms with Crippen molar-refractivity contribution in [1.29, 1.82) is 0 Å². The lowest BCUT2D eigenvalue weighted by Crippen LogP contribution is -2.49. The number of hydrogen-bond donors (Lipinski definition) is 1. The van der Waals surface area contributed by atoms with Gasteiger partial charge in [0.25, 0.3) is 5.91 Å². The fourth-order valence-corrected chi connectivity index (χ4v) is 3.05. The second kappa shape index (κ2) is 6.95. The number of pyridine rings is 1. The summed E-state index contributed by atoms with van der Waals surface area (Å²) < 4.78 is 13.0. The lowest BCUT2D eigenvalue weighted by molar-refractivity contribution is 0.0740. The third-order valence-corrected chi connectivity index (χ3v) is 4.49. The maximum atomic E-state index is 13.0. The first-order valence-corrected chi connectivity index (χ1v) is 8.47. The Balaban J connectivity index is 1.42. The van der Waals surface area contributed by atoms with Gasteiger partial charge in [-0.15, -0.1) is 0 Å². The number of aromatic nitrogens is 3. The molecule has 3 aromatic rings. The third-order valence-electron chi connectivity index (χ3n) is 4.49. The van der Waals surface area contributed by atoms with Crippen LogP contribution in [0.25, 0.3) is 11.3 Å². The largest absolute Gasteiger partial charge is 0.353 e. The fraction of sp³-hybridized carbons (Fsp3) is 0.211. The van der Waals surface area contributed by atoms with E-state index in [1.165, 1.54) is 12.1 Å². The minimum atomic E-state index is -0.300. The molecule has 0 aliphatic carbocycles. The number of nitrogens with zero attached hydrogens (tertiary/aromatic N) is 4. The van der Waals surface area contributed by atoms with Crippen molar-refractivity contribution in [1.82, 2.24) is 20.1 Å². The number of amides is 1. The van der Waals surface area contributed by atoms with Crippen LogP contribution in [0.1, 0.15) is 10.5 Å². The van der Waals surface area contributed by atoms with Gasteiger partial charge in [-0.1, -0.05) is 6.07 Å². The van der Waals surface area contributed by atoms with Gasteiger partial charge < -0.3 is 9.80 Å². The molecule has 1 N–H and O–H groups in total. The van der Waals surface area contributed by atoms with Crippen LogP contribution in [-0.4, -0.2) is 52.2 Å². The number of hydrogen-bond acceptors (Lipinski definition) is 4. The van der Waals surface area contributed by atoms with E-state index in [1.807, 2.05) is 18.2 Å². The molecule has 1 aliphatic rings. The highest BCUT2D eigenvalue weighted by atomic mass is 19.1. The summed E-state index contributed by atoms with van der Waals surface area (Å²) in [5.74, 6) is 0.553. The van der Waals surface area contributed by atoms with Crippen LogP contribution in [0.5, 0.6) is 0 Å². The Labute approximate surface area is 150 Å². The highest BCUT2D eigenvalue weighted by molar-refractivity contribution is 5.93. The Bertz CT molecular complexity index is 886. The van der Waals surface area contributed by atoms with Crippen LogP contribution in [0, 0.1) is 5.82 Å². The number of carbonyl (C=O) groups excluding carboxylic acids is 1. The highest BCUT2D eigenvalue weighted by Gasteiger charge is 2.24. The molecule has 1 aliphatic heterocycles. The summed E-state index contributed by atoms with van der Waals surface area (Å²) in [4.78, 5) is 21.0. The van der Waals surface area contributed by atoms with Gasteiger partial charge in [0.05, 0.1) is 5.69 Å². The van der Waals surface area contributed by atoms with E-state index in [2.05, 4.69) is 20.1 Å². The number of H-pyrrole nitrogens is 1. The zero-order chi connectivity index (χ0) is 17.9. The number of aromatic amines is 1. The van der Waals surface area contributed by atoms with Crippen molar-refractivity contribution in [3.05, 3.63) is 66.2 Å². The monoisotopic (exact) mass is 351 g/mol. The molecule has 0 atom stereocenters. The zero-order valence-electron chi connectivity index (χ0n) is 14.1. The van der Waals surface area contributed by atoms with E-state index in [-0.39, 0.29) is 11.7 Å². The molecule has 0 radical (unpaired) electrons. The van der Waals surface area contributed by atoms with E-state index in [4.69, 9.17) is 0 Å². The number of carbonyl (C=O) groups is 1. The number of piperazine rings is 1. The molecular formula is C19H18FN5O. The molecule has 6 nitrogen and oxygen atoms in total. The van der Waals surface area contributed by atoms with Gasteiger partial charge in [0, 0.05) is 37.9 Å². The number of anilines is 1. The molecule has 132 valence electrons. The van der Waals surface area contributed by atoms with Gasteiger partial charge in [-0.25, -0.2) is 9.37 Å². The predicted molar refractivity (Wildman–Crippen MR) is 96.3 cm³/mol. The second-order valence-corrected chi connectivity index (χ2v) is 6.14. The summed E-state index contributed by atoms with van der Waals surface area (Å²) in [6.45, 7) is 2.73. The summed E-state index contributed by atoms with van der Waals surface area (Å²) in [7, 11) is 0. The summed E-state index contributed by atoms with van der Waals surface area (Å²) in [5, 5.41) is 6.98. The molecule has 4 rings (SSSR count). The van der Waals surface area contributed by atoms with Gasteiger partial charge in [-0.2, -0.15) is 5.10 Å². The van der Waals surface area contributed by atoms with Crippen LogP contribution in [0.15, 0.2) is 54.7 Å². The van der Waals surface area contributed by atoms with Gasteiger partial charge >= 0.3 is 0 Å². The molecule has 0 spiro atoms. The van der Waals surface area contributed by atoms with E-state index < -0.39 is 0 Å². The van der Waals surface area contributed by atoms with Crippen molar-refractivity contribution in [2.45, 2.75) is 0 Å². The molecule has 2 aromatic heterocycles. The number of benzene rings is 1. The first-order valence-electron chi connectivity index (χ1n) is 8.47. The van der Waals surface area contributed by atoms with Gasteiger partial charge in [0.15, 0.2) is 0 Å². The lowest BCUT2D eigenvalue weighted by atomic mass is 10.1. The Morgan fingerprint density at radius 1 is 1.04 bits per heavy atom. The Hall–Kier alpha value is -3.22. The quantitative estimate of drug-likeness (QED) is 0.788. The average molecular weight is 351 g/mol. The molecule has 1 aromatic carbocycles. The van der Waals surface area contributed by atoms with E-state index >= 15 is 0 Å². The normalized spacial score (nSPS) is 14.5. The third kappa shape index (κ3) is 3.28. The Morgan fingerprint density at radius 3 is 2.50 bits per heavy atom. The van der Waals surface area contributed by atoms with Crippen molar-refractivity contribution < 1.29 is 9.18 Å². The molecule has 0 unspecified atom stereocenters. The zero-order valence-corrected chi connectivity index (χ0v) is 14.1. The van der Waals surface area contributed by atoms with Crippen molar-refractivity contribution in [3.63, 3.8) is 0 Å². The van der Waals surface area contributed by atoms with Crippen molar-refractivity contribution in [2.75, 3.05) is 31.1 Å². The van der Waals surface area contributed by atoms with Crippen molar-refractivity contribution in [3.8, 4) is 11.3 Å². The van der Waals surface area contributed by atoms with Crippen molar-refractivity contribution >= 4 is 11.7 Å². The molecule has 1 amide bonds. The van der Waals surface area contributed by atoms with E-state index in [1.54, 1.807) is 29.3 Å². The van der Waals surface area contributed by atoms with Crippen LogP contribution < -0.4 is 4.90 Å². The SMILES string of the molecule is O=C(c1cc(-c2ccc(F)cc2)n[nH]1)N1CCN(c2ccccn2)CC1. The Kier molecular flexibility index (Phi) is 4.35.